The SMILES string of the molecule is SSS[S][Ni].[Co]. The maximum atomic E-state index is 4.22. The van der Waals surface area contributed by atoms with Crippen molar-refractivity contribution in [2.75, 3.05) is 0 Å². The molecule has 0 aliphatic heterocycles. The maximum absolute atomic E-state index is 4.22. The average Bonchev–Trinajstić information content (AvgIpc) is 1.41. The fourth-order valence-corrected chi connectivity index (χ4v) is 3.21. The summed E-state index contributed by atoms with van der Waals surface area (Å²) in [5.41, 5.74) is 0. The first-order valence-electron chi connectivity index (χ1n) is 0.645. The van der Waals surface area contributed by atoms with Crippen LogP contribution >= 0.6 is 40.6 Å². The van der Waals surface area contributed by atoms with E-state index >= 15 is 0 Å². The Morgan fingerprint density at radius 1 is 1.50 bits per heavy atom. The Labute approximate surface area is 71.0 Å². The Hall–Kier alpha value is 2.40. The van der Waals surface area contributed by atoms with Crippen LogP contribution in [0.25, 0.3) is 0 Å². The van der Waals surface area contributed by atoms with Gasteiger partial charge in [0.15, 0.2) is 0 Å². The molecule has 0 amide bonds. The summed E-state index contributed by atoms with van der Waals surface area (Å²) < 4.78 is 0. The first kappa shape index (κ1) is 11.2. The van der Waals surface area contributed by atoms with Gasteiger partial charge in [-0.15, -0.1) is 0 Å². The van der Waals surface area contributed by atoms with E-state index in [9.17, 15) is 0 Å². The normalized spacial score (nSPS) is 7.17. The third-order valence-electron chi connectivity index (χ3n) is 0.0519. The molecule has 0 aliphatic carbocycles. The number of rotatable bonds is 2. The second kappa shape index (κ2) is 10.4. The van der Waals surface area contributed by atoms with Crippen LogP contribution in [0.2, 0.25) is 0 Å². The van der Waals surface area contributed by atoms with E-state index in [2.05, 4.69) is 26.0 Å². The molecule has 6 heavy (non-hydrogen) atoms. The van der Waals surface area contributed by atoms with Gasteiger partial charge in [0.2, 0.25) is 0 Å². The largest absolute Gasteiger partial charge is 0 e. The molecule has 0 saturated carbocycles. The van der Waals surface area contributed by atoms with Crippen LogP contribution in [-0.2, 0) is 31.1 Å². The van der Waals surface area contributed by atoms with E-state index < -0.39 is 0 Å². The number of hydrogen-bond acceptors (Lipinski definition) is 4. The van der Waals surface area contributed by atoms with E-state index in [0.29, 0.717) is 0 Å². The van der Waals surface area contributed by atoms with Gasteiger partial charge in [-0.05, 0) is 0 Å². The smallest absolute Gasteiger partial charge is 0 e. The Morgan fingerprint density at radius 2 is 2.00 bits per heavy atom. The molecule has 0 heterocycles. The number of hydrogen-bond donors (Lipinski definition) is 1. The molecule has 44 valence electrons. The van der Waals surface area contributed by atoms with Crippen LogP contribution in [0.3, 0.4) is 0 Å². The summed E-state index contributed by atoms with van der Waals surface area (Å²) in [5.74, 6) is 0. The molecule has 0 atom stereocenters. The molecule has 6 heteroatoms. The van der Waals surface area contributed by atoms with Crippen LogP contribution in [0, 0.1) is 0 Å². The first-order valence-corrected chi connectivity index (χ1v) is 6.24. The van der Waals surface area contributed by atoms with Crippen molar-refractivity contribution in [3.63, 3.8) is 0 Å². The topological polar surface area (TPSA) is 0 Å². The summed E-state index contributed by atoms with van der Waals surface area (Å²) in [5, 5.41) is 0. The van der Waals surface area contributed by atoms with Gasteiger partial charge in [0.05, 0.1) is 0 Å². The van der Waals surface area contributed by atoms with E-state index in [0.717, 1.165) is 0 Å². The zero-order valence-electron chi connectivity index (χ0n) is 2.32. The molecule has 0 unspecified atom stereocenters. The summed E-state index contributed by atoms with van der Waals surface area (Å²) in [6, 6.07) is 0. The molecule has 0 spiro atoms. The molecular formula is HCoNiS4. The van der Waals surface area contributed by atoms with Crippen molar-refractivity contribution in [3.05, 3.63) is 0 Å². The molecule has 0 aromatic rings. The molecule has 0 aromatic carbocycles. The van der Waals surface area contributed by atoms with Gasteiger partial charge < -0.3 is 0 Å². The van der Waals surface area contributed by atoms with Crippen molar-refractivity contribution in [3.8, 4) is 0 Å². The Kier molecular flexibility index (Phi) is 19.5. The van der Waals surface area contributed by atoms with Crippen molar-refractivity contribution < 1.29 is 31.1 Å². The second-order valence-electron chi connectivity index (χ2n) is 0.195. The summed E-state index contributed by atoms with van der Waals surface area (Å²) in [7, 11) is 4.21. The minimum atomic E-state index is 0. The van der Waals surface area contributed by atoms with Crippen molar-refractivity contribution >= 4 is 40.6 Å². The standard InChI is InChI=1S/Co.Ni.H2S4/c;;1-3-4-2/h;;1-2H/q;+1;/p-1. The molecule has 0 aromatic heterocycles. The first-order chi connectivity index (χ1) is 2.41. The zero-order chi connectivity index (χ0) is 4.12. The average molecular weight is 247 g/mol. The van der Waals surface area contributed by atoms with Gasteiger partial charge >= 0.3 is 55.0 Å². The predicted molar refractivity (Wildman–Crippen MR) is 31.8 cm³/mol. The fourth-order valence-electron chi connectivity index (χ4n) is 0.00962. The monoisotopic (exact) mass is 246 g/mol. The summed E-state index contributed by atoms with van der Waals surface area (Å²) >= 11 is 8.02. The minimum Gasteiger partial charge on any atom is 0 e. The van der Waals surface area contributed by atoms with E-state index in [1.807, 2.05) is 0 Å². The van der Waals surface area contributed by atoms with Crippen molar-refractivity contribution in [1.29, 1.82) is 0 Å². The predicted octanol–water partition coefficient (Wildman–Crippen LogP) is 2.32. The maximum Gasteiger partial charge on any atom is 0 e. The van der Waals surface area contributed by atoms with Crippen LogP contribution in [0.5, 0.6) is 0 Å². The van der Waals surface area contributed by atoms with Gasteiger partial charge in [0, 0.05) is 16.8 Å². The van der Waals surface area contributed by atoms with Gasteiger partial charge in [-0.3, -0.25) is 0 Å². The molecule has 0 nitrogen and oxygen atoms in total. The van der Waals surface area contributed by atoms with E-state index in [4.69, 9.17) is 0 Å². The fraction of sp³-hybridized carbons (Fsp3) is 0. The van der Waals surface area contributed by atoms with E-state index in [1.54, 1.807) is 0 Å². The van der Waals surface area contributed by atoms with Gasteiger partial charge in [-0.2, -0.15) is 0 Å². The van der Waals surface area contributed by atoms with E-state index in [-0.39, 0.29) is 16.8 Å². The summed E-state index contributed by atoms with van der Waals surface area (Å²) in [6.07, 6.45) is 0. The minimum absolute atomic E-state index is 0. The quantitative estimate of drug-likeness (QED) is 0.452. The Balaban J connectivity index is 0. The summed E-state index contributed by atoms with van der Waals surface area (Å²) in [6.45, 7) is 0. The second-order valence-corrected chi connectivity index (χ2v) is 5.81. The molecule has 0 saturated heterocycles. The molecule has 0 bridgehead atoms. The Bertz CT molecular complexity index is 15.0. The molecule has 0 rings (SSSR count). The Morgan fingerprint density at radius 3 is 2.00 bits per heavy atom. The van der Waals surface area contributed by atoms with Crippen LogP contribution in [0.1, 0.15) is 0 Å². The van der Waals surface area contributed by atoms with Gasteiger partial charge in [-0.1, -0.05) is 0 Å². The molecule has 1 radical (unpaired) electrons. The third kappa shape index (κ3) is 9.64. The van der Waals surface area contributed by atoms with Gasteiger partial charge in [0.25, 0.3) is 0 Å². The molecule has 0 aliphatic rings. The van der Waals surface area contributed by atoms with Crippen LogP contribution < -0.4 is 0 Å². The van der Waals surface area contributed by atoms with Gasteiger partial charge in [0.1, 0.15) is 0 Å². The van der Waals surface area contributed by atoms with Crippen LogP contribution in [0.15, 0.2) is 0 Å². The molecule has 0 fully saturated rings. The van der Waals surface area contributed by atoms with Gasteiger partial charge in [-0.25, -0.2) is 0 Å². The van der Waals surface area contributed by atoms with E-state index in [1.165, 1.54) is 29.0 Å². The zero-order valence-corrected chi connectivity index (χ0v) is 7.69. The van der Waals surface area contributed by atoms with Crippen molar-refractivity contribution in [1.82, 2.24) is 0 Å². The van der Waals surface area contributed by atoms with Crippen molar-refractivity contribution in [2.24, 2.45) is 0 Å². The molecular weight excluding hydrogens is 246 g/mol. The van der Waals surface area contributed by atoms with Crippen molar-refractivity contribution in [2.45, 2.75) is 0 Å². The number of thiol groups is 1. The summed E-state index contributed by atoms with van der Waals surface area (Å²) in [4.78, 5) is 0. The van der Waals surface area contributed by atoms with Crippen LogP contribution in [0.4, 0.5) is 0 Å². The third-order valence-corrected chi connectivity index (χ3v) is 4.86. The van der Waals surface area contributed by atoms with Crippen LogP contribution in [-0.4, -0.2) is 0 Å². The molecule has 0 N–H and O–H groups in total.